The van der Waals surface area contributed by atoms with Crippen LogP contribution < -0.4 is 5.73 Å². The molecule has 2 unspecified atom stereocenters. The summed E-state index contributed by atoms with van der Waals surface area (Å²) in [4.78, 5) is 4.02. The van der Waals surface area contributed by atoms with E-state index in [2.05, 4.69) is 9.55 Å². The van der Waals surface area contributed by atoms with Crippen LogP contribution in [-0.2, 0) is 11.3 Å². The minimum atomic E-state index is 0.241. The van der Waals surface area contributed by atoms with Crippen molar-refractivity contribution >= 4 is 0 Å². The lowest BCUT2D eigenvalue weighted by molar-refractivity contribution is 0.0284. The largest absolute Gasteiger partial charge is 0.377 e. The summed E-state index contributed by atoms with van der Waals surface area (Å²) in [5.41, 5.74) is 6.12. The molecular formula is C13H23N3O. The van der Waals surface area contributed by atoms with Gasteiger partial charge in [0.25, 0.3) is 0 Å². The first-order valence-electron chi connectivity index (χ1n) is 6.69. The molecule has 1 fully saturated rings. The van der Waals surface area contributed by atoms with Gasteiger partial charge in [0.2, 0.25) is 0 Å². The van der Waals surface area contributed by atoms with Crippen molar-refractivity contribution in [1.29, 1.82) is 0 Å². The van der Waals surface area contributed by atoms with E-state index in [1.54, 1.807) is 0 Å². The fourth-order valence-electron chi connectivity index (χ4n) is 2.41. The van der Waals surface area contributed by atoms with Crippen LogP contribution in [0.3, 0.4) is 0 Å². The summed E-state index contributed by atoms with van der Waals surface area (Å²) in [5.74, 6) is 0. The topological polar surface area (TPSA) is 53.1 Å². The summed E-state index contributed by atoms with van der Waals surface area (Å²) >= 11 is 0. The van der Waals surface area contributed by atoms with E-state index in [4.69, 9.17) is 10.5 Å². The highest BCUT2D eigenvalue weighted by Gasteiger charge is 2.20. The van der Waals surface area contributed by atoms with E-state index in [1.165, 1.54) is 19.3 Å². The molecule has 0 aliphatic heterocycles. The predicted molar refractivity (Wildman–Crippen MR) is 67.6 cm³/mol. The minimum Gasteiger partial charge on any atom is -0.377 e. The van der Waals surface area contributed by atoms with Crippen molar-refractivity contribution < 1.29 is 4.74 Å². The number of aryl methyl sites for hydroxylation is 1. The Labute approximate surface area is 103 Å². The molecule has 0 saturated heterocycles. The molecule has 4 heteroatoms. The van der Waals surface area contributed by atoms with Crippen LogP contribution in [0.15, 0.2) is 18.7 Å². The summed E-state index contributed by atoms with van der Waals surface area (Å²) < 4.78 is 7.99. The van der Waals surface area contributed by atoms with Gasteiger partial charge in [0.1, 0.15) is 0 Å². The molecule has 96 valence electrons. The predicted octanol–water partition coefficient (Wildman–Crippen LogP) is 1.95. The van der Waals surface area contributed by atoms with Crippen LogP contribution in [0.4, 0.5) is 0 Å². The Morgan fingerprint density at radius 3 is 3.00 bits per heavy atom. The SMILES string of the molecule is NC1CCCCCC1OCCCn1ccnc1. The Morgan fingerprint density at radius 2 is 2.18 bits per heavy atom. The first-order chi connectivity index (χ1) is 8.36. The summed E-state index contributed by atoms with van der Waals surface area (Å²) in [6.07, 6.45) is 13.0. The highest BCUT2D eigenvalue weighted by atomic mass is 16.5. The number of hydrogen-bond donors (Lipinski definition) is 1. The van der Waals surface area contributed by atoms with Crippen LogP contribution in [0.25, 0.3) is 0 Å². The minimum absolute atomic E-state index is 0.241. The Bertz CT molecular complexity index is 300. The maximum Gasteiger partial charge on any atom is 0.0945 e. The monoisotopic (exact) mass is 237 g/mol. The molecule has 1 aromatic heterocycles. The number of rotatable bonds is 5. The van der Waals surface area contributed by atoms with Crippen LogP contribution in [0, 0.1) is 0 Å². The summed E-state index contributed by atoms with van der Waals surface area (Å²) in [6.45, 7) is 1.78. The number of nitrogens with zero attached hydrogens (tertiary/aromatic N) is 2. The van der Waals surface area contributed by atoms with Gasteiger partial charge in [-0.05, 0) is 19.3 Å². The summed E-state index contributed by atoms with van der Waals surface area (Å²) in [7, 11) is 0. The maximum absolute atomic E-state index is 6.12. The summed E-state index contributed by atoms with van der Waals surface area (Å²) in [5, 5.41) is 0. The third-order valence-corrected chi connectivity index (χ3v) is 3.46. The van der Waals surface area contributed by atoms with Crippen molar-refractivity contribution in [2.45, 2.75) is 57.2 Å². The molecule has 4 nitrogen and oxygen atoms in total. The average molecular weight is 237 g/mol. The highest BCUT2D eigenvalue weighted by Crippen LogP contribution is 2.19. The molecule has 0 bridgehead atoms. The smallest absolute Gasteiger partial charge is 0.0945 e. The average Bonchev–Trinajstić information content (AvgIpc) is 2.76. The standard InChI is InChI=1S/C13H23N3O/c14-12-5-2-1-3-6-13(12)17-10-4-8-16-9-7-15-11-16/h7,9,11-13H,1-6,8,10,14H2. The van der Waals surface area contributed by atoms with Crippen LogP contribution >= 0.6 is 0 Å². The van der Waals surface area contributed by atoms with Gasteiger partial charge < -0.3 is 15.0 Å². The second kappa shape index (κ2) is 6.77. The normalized spacial score (nSPS) is 25.7. The molecule has 1 aliphatic rings. The number of hydrogen-bond acceptors (Lipinski definition) is 3. The highest BCUT2D eigenvalue weighted by molar-refractivity contribution is 4.77. The van der Waals surface area contributed by atoms with E-state index in [0.717, 1.165) is 32.4 Å². The third-order valence-electron chi connectivity index (χ3n) is 3.46. The van der Waals surface area contributed by atoms with Gasteiger partial charge in [-0.2, -0.15) is 0 Å². The second-order valence-corrected chi connectivity index (χ2v) is 4.87. The molecule has 1 heterocycles. The van der Waals surface area contributed by atoms with Gasteiger partial charge in [-0.1, -0.05) is 19.3 Å². The number of imidazole rings is 1. The Balaban J connectivity index is 1.63. The molecular weight excluding hydrogens is 214 g/mol. The van der Waals surface area contributed by atoms with Gasteiger partial charge in [-0.15, -0.1) is 0 Å². The Morgan fingerprint density at radius 1 is 1.29 bits per heavy atom. The fraction of sp³-hybridized carbons (Fsp3) is 0.769. The van der Waals surface area contributed by atoms with Crippen LogP contribution in [-0.4, -0.2) is 28.3 Å². The zero-order chi connectivity index (χ0) is 11.9. The number of ether oxygens (including phenoxy) is 1. The lowest BCUT2D eigenvalue weighted by Crippen LogP contribution is -2.36. The third kappa shape index (κ3) is 4.13. The molecule has 1 aliphatic carbocycles. The van der Waals surface area contributed by atoms with E-state index >= 15 is 0 Å². The molecule has 0 spiro atoms. The van der Waals surface area contributed by atoms with Gasteiger partial charge in [-0.25, -0.2) is 4.98 Å². The first kappa shape index (κ1) is 12.6. The number of nitrogens with two attached hydrogens (primary N) is 1. The molecule has 0 aromatic carbocycles. The molecule has 1 aromatic rings. The lowest BCUT2D eigenvalue weighted by atomic mass is 10.1. The Hall–Kier alpha value is -0.870. The van der Waals surface area contributed by atoms with E-state index in [0.29, 0.717) is 0 Å². The van der Waals surface area contributed by atoms with Crippen LogP contribution in [0.2, 0.25) is 0 Å². The van der Waals surface area contributed by atoms with Crippen molar-refractivity contribution in [2.75, 3.05) is 6.61 Å². The van der Waals surface area contributed by atoms with Crippen molar-refractivity contribution in [1.82, 2.24) is 9.55 Å². The number of aromatic nitrogens is 2. The molecule has 0 amide bonds. The molecule has 1 saturated carbocycles. The van der Waals surface area contributed by atoms with Crippen molar-refractivity contribution in [3.05, 3.63) is 18.7 Å². The van der Waals surface area contributed by atoms with Crippen LogP contribution in [0.5, 0.6) is 0 Å². The van der Waals surface area contributed by atoms with Crippen molar-refractivity contribution in [2.24, 2.45) is 5.73 Å². The van der Waals surface area contributed by atoms with E-state index in [-0.39, 0.29) is 12.1 Å². The zero-order valence-electron chi connectivity index (χ0n) is 10.4. The molecule has 17 heavy (non-hydrogen) atoms. The zero-order valence-corrected chi connectivity index (χ0v) is 10.4. The molecule has 2 N–H and O–H groups in total. The van der Waals surface area contributed by atoms with Gasteiger partial charge in [0.15, 0.2) is 0 Å². The van der Waals surface area contributed by atoms with Crippen molar-refractivity contribution in [3.8, 4) is 0 Å². The van der Waals surface area contributed by atoms with Crippen LogP contribution in [0.1, 0.15) is 38.5 Å². The molecule has 0 radical (unpaired) electrons. The van der Waals surface area contributed by atoms with Gasteiger partial charge in [0, 0.05) is 31.6 Å². The lowest BCUT2D eigenvalue weighted by Gasteiger charge is -2.21. The van der Waals surface area contributed by atoms with Gasteiger partial charge >= 0.3 is 0 Å². The van der Waals surface area contributed by atoms with E-state index in [9.17, 15) is 0 Å². The molecule has 2 rings (SSSR count). The first-order valence-corrected chi connectivity index (χ1v) is 6.69. The van der Waals surface area contributed by atoms with E-state index in [1.807, 2.05) is 18.7 Å². The summed E-state index contributed by atoms with van der Waals surface area (Å²) in [6, 6.07) is 0.241. The Kier molecular flexibility index (Phi) is 5.01. The van der Waals surface area contributed by atoms with Gasteiger partial charge in [-0.3, -0.25) is 0 Å². The quantitative estimate of drug-likeness (QED) is 0.629. The molecule has 2 atom stereocenters. The van der Waals surface area contributed by atoms with Gasteiger partial charge in [0.05, 0.1) is 12.4 Å². The second-order valence-electron chi connectivity index (χ2n) is 4.87. The van der Waals surface area contributed by atoms with E-state index < -0.39 is 0 Å². The maximum atomic E-state index is 6.12. The fourth-order valence-corrected chi connectivity index (χ4v) is 2.41. The van der Waals surface area contributed by atoms with Crippen molar-refractivity contribution in [3.63, 3.8) is 0 Å².